The lowest BCUT2D eigenvalue weighted by Gasteiger charge is -2.36. The van der Waals surface area contributed by atoms with Gasteiger partial charge in [0.05, 0.1) is 5.69 Å². The average Bonchev–Trinajstić information content (AvgIpc) is 3.21. The molecule has 0 saturated heterocycles. The molecule has 10 heteroatoms. The maximum atomic E-state index is 12.9. The standard InChI is InChI=1S/C25H21N5O3S2/c31-22(26-18-6-3-7-20(13-18)30-24(34)27-28-25(30)35)15-8-10-19(11-9-15)29-14-17-5-2-1-4-16(17)12-21(29)23(32)33/h1-11,13,21H,12,14H2,(H,26,31)(H,27,34)(H,28,35)(H,32,33). The molecule has 4 aromatic rings. The first-order chi connectivity index (χ1) is 16.9. The Bertz CT molecular complexity index is 1510. The number of amides is 1. The van der Waals surface area contributed by atoms with E-state index in [4.69, 9.17) is 24.4 Å². The number of aromatic nitrogens is 3. The number of aliphatic carboxylic acids is 1. The van der Waals surface area contributed by atoms with Gasteiger partial charge in [-0.05, 0) is 78.0 Å². The highest BCUT2D eigenvalue weighted by Crippen LogP contribution is 2.29. The molecule has 1 aliphatic rings. The third-order valence-corrected chi connectivity index (χ3v) is 6.61. The first kappa shape index (κ1) is 22.8. The van der Waals surface area contributed by atoms with Crippen LogP contribution in [0.15, 0.2) is 72.8 Å². The fourth-order valence-corrected chi connectivity index (χ4v) is 4.84. The van der Waals surface area contributed by atoms with Gasteiger partial charge in [0.2, 0.25) is 0 Å². The quantitative estimate of drug-likeness (QED) is 0.290. The Balaban J connectivity index is 1.35. The predicted octanol–water partition coefficient (Wildman–Crippen LogP) is 4.86. The number of H-pyrrole nitrogens is 2. The van der Waals surface area contributed by atoms with Crippen molar-refractivity contribution in [2.75, 3.05) is 10.2 Å². The highest BCUT2D eigenvalue weighted by Gasteiger charge is 2.31. The lowest BCUT2D eigenvalue weighted by molar-refractivity contribution is -0.138. The number of hydrogen-bond donors (Lipinski definition) is 4. The Morgan fingerprint density at radius 2 is 1.57 bits per heavy atom. The van der Waals surface area contributed by atoms with Crippen molar-refractivity contribution in [2.45, 2.75) is 19.0 Å². The van der Waals surface area contributed by atoms with Crippen molar-refractivity contribution in [1.29, 1.82) is 0 Å². The number of nitrogens with one attached hydrogen (secondary N) is 3. The Kier molecular flexibility index (Phi) is 6.06. The molecule has 176 valence electrons. The number of fused-ring (bicyclic) bond motifs is 1. The number of carboxylic acid groups (broad SMARTS) is 1. The van der Waals surface area contributed by atoms with Gasteiger partial charge in [0.15, 0.2) is 9.54 Å². The molecular weight excluding hydrogens is 482 g/mol. The second kappa shape index (κ2) is 9.32. The number of anilines is 2. The van der Waals surface area contributed by atoms with E-state index in [1.54, 1.807) is 47.0 Å². The zero-order valence-corrected chi connectivity index (χ0v) is 20.0. The van der Waals surface area contributed by atoms with E-state index >= 15 is 0 Å². The molecule has 35 heavy (non-hydrogen) atoms. The van der Waals surface area contributed by atoms with E-state index in [9.17, 15) is 14.7 Å². The largest absolute Gasteiger partial charge is 0.480 e. The fourth-order valence-electron chi connectivity index (χ4n) is 4.29. The summed E-state index contributed by atoms with van der Waals surface area (Å²) < 4.78 is 2.51. The van der Waals surface area contributed by atoms with Crippen LogP contribution in [0, 0.1) is 9.54 Å². The van der Waals surface area contributed by atoms with Crippen LogP contribution in [0.2, 0.25) is 0 Å². The van der Waals surface area contributed by atoms with Crippen molar-refractivity contribution in [2.24, 2.45) is 0 Å². The monoisotopic (exact) mass is 503 g/mol. The summed E-state index contributed by atoms with van der Waals surface area (Å²) in [5, 5.41) is 18.3. The molecule has 8 nitrogen and oxygen atoms in total. The lowest BCUT2D eigenvalue weighted by Crippen LogP contribution is -2.45. The smallest absolute Gasteiger partial charge is 0.326 e. The van der Waals surface area contributed by atoms with Crippen LogP contribution in [0.1, 0.15) is 21.5 Å². The van der Waals surface area contributed by atoms with E-state index in [0.29, 0.717) is 33.8 Å². The number of benzene rings is 3. The number of carbonyl (C=O) groups is 2. The summed E-state index contributed by atoms with van der Waals surface area (Å²) in [6.45, 7) is 0.495. The number of nitrogens with zero attached hydrogens (tertiary/aromatic N) is 2. The summed E-state index contributed by atoms with van der Waals surface area (Å²) in [4.78, 5) is 26.7. The van der Waals surface area contributed by atoms with Gasteiger partial charge < -0.3 is 15.3 Å². The van der Waals surface area contributed by atoms with E-state index in [-0.39, 0.29) is 5.91 Å². The minimum Gasteiger partial charge on any atom is -0.480 e. The highest BCUT2D eigenvalue weighted by molar-refractivity contribution is 7.72. The molecule has 0 radical (unpaired) electrons. The second-order valence-corrected chi connectivity index (χ2v) is 8.98. The molecule has 1 unspecified atom stereocenters. The normalized spacial score (nSPS) is 14.9. The van der Waals surface area contributed by atoms with E-state index in [2.05, 4.69) is 15.5 Å². The van der Waals surface area contributed by atoms with E-state index in [1.807, 2.05) is 35.2 Å². The molecule has 1 aliphatic heterocycles. The van der Waals surface area contributed by atoms with Crippen molar-refractivity contribution >= 4 is 47.7 Å². The zero-order chi connectivity index (χ0) is 24.5. The van der Waals surface area contributed by atoms with Gasteiger partial charge in [-0.1, -0.05) is 30.3 Å². The molecule has 0 aliphatic carbocycles. The first-order valence-corrected chi connectivity index (χ1v) is 11.7. The van der Waals surface area contributed by atoms with Gasteiger partial charge in [-0.3, -0.25) is 19.6 Å². The van der Waals surface area contributed by atoms with Crippen molar-refractivity contribution in [3.05, 3.63) is 99.0 Å². The van der Waals surface area contributed by atoms with Gasteiger partial charge in [0.1, 0.15) is 6.04 Å². The van der Waals surface area contributed by atoms with Crippen LogP contribution in [0.5, 0.6) is 0 Å². The van der Waals surface area contributed by atoms with E-state index in [1.165, 1.54) is 0 Å². The third kappa shape index (κ3) is 4.53. The molecule has 1 atom stereocenters. The van der Waals surface area contributed by atoms with Crippen LogP contribution in [-0.4, -0.2) is 37.8 Å². The Morgan fingerprint density at radius 1 is 0.886 bits per heavy atom. The van der Waals surface area contributed by atoms with Crippen LogP contribution >= 0.6 is 24.4 Å². The topological polar surface area (TPSA) is 106 Å². The molecule has 0 saturated carbocycles. The molecule has 0 fully saturated rings. The number of carboxylic acids is 1. The fraction of sp³-hybridized carbons (Fsp3) is 0.120. The van der Waals surface area contributed by atoms with Gasteiger partial charge in [0, 0.05) is 29.9 Å². The lowest BCUT2D eigenvalue weighted by atomic mass is 9.93. The molecule has 1 aromatic heterocycles. The van der Waals surface area contributed by atoms with Crippen molar-refractivity contribution in [3.63, 3.8) is 0 Å². The zero-order valence-electron chi connectivity index (χ0n) is 18.4. The number of carbonyl (C=O) groups excluding carboxylic acids is 1. The first-order valence-electron chi connectivity index (χ1n) is 10.9. The molecule has 0 spiro atoms. The SMILES string of the molecule is O=C(Nc1cccc(-n2c(=S)[nH][nH]c2=S)c1)c1ccc(N2Cc3ccccc3CC2C(=O)O)cc1. The second-order valence-electron chi connectivity index (χ2n) is 8.20. The van der Waals surface area contributed by atoms with Crippen LogP contribution in [0.3, 0.4) is 0 Å². The minimum atomic E-state index is -0.872. The summed E-state index contributed by atoms with van der Waals surface area (Å²) in [6.07, 6.45) is 0.430. The summed E-state index contributed by atoms with van der Waals surface area (Å²) in [5.41, 5.74) is 4.68. The molecule has 2 heterocycles. The molecule has 3 aromatic carbocycles. The van der Waals surface area contributed by atoms with E-state index < -0.39 is 12.0 Å². The molecule has 5 rings (SSSR count). The maximum Gasteiger partial charge on any atom is 0.326 e. The van der Waals surface area contributed by atoms with Gasteiger partial charge in [-0.15, -0.1) is 0 Å². The van der Waals surface area contributed by atoms with Gasteiger partial charge in [0.25, 0.3) is 5.91 Å². The highest BCUT2D eigenvalue weighted by atomic mass is 32.1. The van der Waals surface area contributed by atoms with Crippen molar-refractivity contribution < 1.29 is 14.7 Å². The third-order valence-electron chi connectivity index (χ3n) is 6.04. The Morgan fingerprint density at radius 3 is 2.26 bits per heavy atom. The maximum absolute atomic E-state index is 12.9. The van der Waals surface area contributed by atoms with Gasteiger partial charge >= 0.3 is 5.97 Å². The van der Waals surface area contributed by atoms with Gasteiger partial charge in [-0.2, -0.15) is 0 Å². The summed E-state index contributed by atoms with van der Waals surface area (Å²) in [6, 6.07) is 21.4. The number of hydrogen-bond acceptors (Lipinski definition) is 5. The molecule has 0 bridgehead atoms. The van der Waals surface area contributed by atoms with Crippen LogP contribution < -0.4 is 10.2 Å². The minimum absolute atomic E-state index is 0.282. The van der Waals surface area contributed by atoms with Crippen LogP contribution in [0.25, 0.3) is 5.69 Å². The number of rotatable bonds is 5. The Hall–Kier alpha value is -4.02. The molecule has 1 amide bonds. The Labute approximate surface area is 210 Å². The number of aromatic amines is 2. The predicted molar refractivity (Wildman–Crippen MR) is 138 cm³/mol. The van der Waals surface area contributed by atoms with Crippen molar-refractivity contribution in [1.82, 2.24) is 14.8 Å². The van der Waals surface area contributed by atoms with E-state index in [0.717, 1.165) is 22.5 Å². The van der Waals surface area contributed by atoms with Crippen LogP contribution in [0.4, 0.5) is 11.4 Å². The summed E-state index contributed by atoms with van der Waals surface area (Å²) >= 11 is 10.5. The summed E-state index contributed by atoms with van der Waals surface area (Å²) in [7, 11) is 0. The van der Waals surface area contributed by atoms with Crippen molar-refractivity contribution in [3.8, 4) is 5.69 Å². The average molecular weight is 504 g/mol. The van der Waals surface area contributed by atoms with Gasteiger partial charge in [-0.25, -0.2) is 4.79 Å². The molecular formula is C25H21N5O3S2. The molecule has 4 N–H and O–H groups in total. The van der Waals surface area contributed by atoms with Crippen LogP contribution in [-0.2, 0) is 17.8 Å². The summed E-state index contributed by atoms with van der Waals surface area (Å²) in [5.74, 6) is -1.15.